The largest absolute Gasteiger partial charge is 0.469 e. The quantitative estimate of drug-likeness (QED) is 0.640. The molecule has 2 atom stereocenters. The third-order valence-corrected chi connectivity index (χ3v) is 1.93. The van der Waals surface area contributed by atoms with Gasteiger partial charge in [-0.3, -0.25) is 4.79 Å². The molecule has 0 radical (unpaired) electrons. The number of aliphatic hydroxyl groups excluding tert-OH is 1. The second kappa shape index (κ2) is 3.90. The number of carbonyl (C=O) groups excluding carboxylic acids is 1. The summed E-state index contributed by atoms with van der Waals surface area (Å²) in [5.41, 5.74) is -0.284. The molecule has 0 rings (SSSR count). The van der Waals surface area contributed by atoms with Crippen molar-refractivity contribution in [2.45, 2.75) is 33.8 Å². The first kappa shape index (κ1) is 11.4. The van der Waals surface area contributed by atoms with Crippen LogP contribution in [0.5, 0.6) is 0 Å². The minimum absolute atomic E-state index is 0.284. The van der Waals surface area contributed by atoms with Crippen LogP contribution in [0.1, 0.15) is 27.7 Å². The molecule has 0 fully saturated rings. The topological polar surface area (TPSA) is 46.5 Å². The fourth-order valence-corrected chi connectivity index (χ4v) is 1.06. The summed E-state index contributed by atoms with van der Waals surface area (Å²) < 4.78 is 4.53. The number of esters is 1. The van der Waals surface area contributed by atoms with Gasteiger partial charge >= 0.3 is 5.97 Å². The number of aliphatic hydroxyl groups is 1. The monoisotopic (exact) mass is 174 g/mol. The smallest absolute Gasteiger partial charge is 0.311 e. The van der Waals surface area contributed by atoms with Crippen LogP contribution in [-0.2, 0) is 9.53 Å². The number of rotatable bonds is 2. The summed E-state index contributed by atoms with van der Waals surface area (Å²) in [4.78, 5) is 11.0. The Morgan fingerprint density at radius 3 is 2.08 bits per heavy atom. The second-order valence-electron chi connectivity index (χ2n) is 4.12. The van der Waals surface area contributed by atoms with E-state index in [9.17, 15) is 9.90 Å². The Hall–Kier alpha value is -0.570. The van der Waals surface area contributed by atoms with Gasteiger partial charge in [0.2, 0.25) is 0 Å². The fraction of sp³-hybridized carbons (Fsp3) is 0.889. The Morgan fingerprint density at radius 2 is 1.83 bits per heavy atom. The van der Waals surface area contributed by atoms with Crippen molar-refractivity contribution >= 4 is 5.97 Å². The molecule has 0 spiro atoms. The predicted octanol–water partition coefficient (Wildman–Crippen LogP) is 1.20. The number of carbonyl (C=O) groups is 1. The van der Waals surface area contributed by atoms with Gasteiger partial charge in [0.1, 0.15) is 0 Å². The van der Waals surface area contributed by atoms with Crippen LogP contribution in [0.15, 0.2) is 0 Å². The Labute approximate surface area is 73.7 Å². The molecule has 0 aromatic rings. The zero-order valence-electron chi connectivity index (χ0n) is 8.42. The van der Waals surface area contributed by atoms with Crippen molar-refractivity contribution in [1.82, 2.24) is 0 Å². The predicted molar refractivity (Wildman–Crippen MR) is 46.6 cm³/mol. The zero-order chi connectivity index (χ0) is 9.94. The fourth-order valence-electron chi connectivity index (χ4n) is 1.06. The minimum Gasteiger partial charge on any atom is -0.469 e. The third kappa shape index (κ3) is 2.81. The van der Waals surface area contributed by atoms with Crippen molar-refractivity contribution in [3.05, 3.63) is 0 Å². The Balaban J connectivity index is 4.29. The summed E-state index contributed by atoms with van der Waals surface area (Å²) in [6.07, 6.45) is -0.662. The summed E-state index contributed by atoms with van der Waals surface area (Å²) in [5, 5.41) is 9.65. The first-order chi connectivity index (χ1) is 5.30. The van der Waals surface area contributed by atoms with Crippen molar-refractivity contribution in [1.29, 1.82) is 0 Å². The number of hydrogen-bond donors (Lipinski definition) is 1. The summed E-state index contributed by atoms with van der Waals surface area (Å²) in [6, 6.07) is 0. The molecule has 0 amide bonds. The van der Waals surface area contributed by atoms with Crippen LogP contribution in [0.2, 0.25) is 0 Å². The Kier molecular flexibility index (Phi) is 3.71. The molecule has 0 saturated heterocycles. The summed E-state index contributed by atoms with van der Waals surface area (Å²) in [7, 11) is 1.33. The maximum Gasteiger partial charge on any atom is 0.311 e. The lowest BCUT2D eigenvalue weighted by Crippen LogP contribution is -2.37. The first-order valence-electron chi connectivity index (χ1n) is 4.06. The highest BCUT2D eigenvalue weighted by molar-refractivity contribution is 5.72. The van der Waals surface area contributed by atoms with Crippen LogP contribution < -0.4 is 0 Å². The SMILES string of the molecule is COC(=O)[C@@H](C)[C@H](O)C(C)(C)C. The van der Waals surface area contributed by atoms with Crippen molar-refractivity contribution in [2.75, 3.05) is 7.11 Å². The average molecular weight is 174 g/mol. The molecule has 0 aliphatic heterocycles. The average Bonchev–Trinajstić information content (AvgIpc) is 1.98. The van der Waals surface area contributed by atoms with Crippen LogP contribution in [0, 0.1) is 11.3 Å². The third-order valence-electron chi connectivity index (χ3n) is 1.93. The van der Waals surface area contributed by atoms with Gasteiger partial charge in [-0.05, 0) is 12.3 Å². The van der Waals surface area contributed by atoms with Gasteiger partial charge in [-0.15, -0.1) is 0 Å². The normalized spacial score (nSPS) is 16.8. The summed E-state index contributed by atoms with van der Waals surface area (Å²) in [6.45, 7) is 7.33. The van der Waals surface area contributed by atoms with E-state index in [2.05, 4.69) is 4.74 Å². The molecule has 0 saturated carbocycles. The zero-order valence-corrected chi connectivity index (χ0v) is 8.42. The first-order valence-corrected chi connectivity index (χ1v) is 4.06. The Bertz CT molecular complexity index is 158. The molecule has 12 heavy (non-hydrogen) atoms. The van der Waals surface area contributed by atoms with Gasteiger partial charge < -0.3 is 9.84 Å². The van der Waals surface area contributed by atoms with E-state index in [0.29, 0.717) is 0 Å². The molecule has 0 aliphatic rings. The van der Waals surface area contributed by atoms with E-state index >= 15 is 0 Å². The van der Waals surface area contributed by atoms with Crippen LogP contribution >= 0.6 is 0 Å². The van der Waals surface area contributed by atoms with E-state index in [1.54, 1.807) is 6.92 Å². The highest BCUT2D eigenvalue weighted by atomic mass is 16.5. The van der Waals surface area contributed by atoms with Crippen LogP contribution in [0.25, 0.3) is 0 Å². The van der Waals surface area contributed by atoms with Crippen LogP contribution in [-0.4, -0.2) is 24.3 Å². The molecular formula is C9H18O3. The van der Waals surface area contributed by atoms with E-state index in [0.717, 1.165) is 0 Å². The van der Waals surface area contributed by atoms with Gasteiger partial charge in [-0.25, -0.2) is 0 Å². The molecule has 1 N–H and O–H groups in total. The minimum atomic E-state index is -0.662. The van der Waals surface area contributed by atoms with Gasteiger partial charge in [-0.2, -0.15) is 0 Å². The highest BCUT2D eigenvalue weighted by Crippen LogP contribution is 2.25. The van der Waals surface area contributed by atoms with Crippen molar-refractivity contribution in [3.63, 3.8) is 0 Å². The molecule has 3 nitrogen and oxygen atoms in total. The second-order valence-corrected chi connectivity index (χ2v) is 4.12. The molecule has 0 unspecified atom stereocenters. The molecular weight excluding hydrogens is 156 g/mol. The standard InChI is InChI=1S/C9H18O3/c1-6(8(11)12-5)7(10)9(2,3)4/h6-7,10H,1-5H3/t6-,7-/m0/s1. The molecule has 0 aromatic carbocycles. The van der Waals surface area contributed by atoms with Crippen molar-refractivity contribution in [2.24, 2.45) is 11.3 Å². The molecule has 0 bridgehead atoms. The van der Waals surface area contributed by atoms with E-state index in [1.165, 1.54) is 7.11 Å². The van der Waals surface area contributed by atoms with Crippen molar-refractivity contribution < 1.29 is 14.6 Å². The lowest BCUT2D eigenvalue weighted by Gasteiger charge is -2.29. The lowest BCUT2D eigenvalue weighted by atomic mass is 9.82. The van der Waals surface area contributed by atoms with Gasteiger partial charge in [0.05, 0.1) is 19.1 Å². The highest BCUT2D eigenvalue weighted by Gasteiger charge is 2.32. The molecule has 0 heterocycles. The summed E-state index contributed by atoms with van der Waals surface area (Å²) >= 11 is 0. The van der Waals surface area contributed by atoms with Gasteiger partial charge in [0.25, 0.3) is 0 Å². The Morgan fingerprint density at radius 1 is 1.42 bits per heavy atom. The van der Waals surface area contributed by atoms with Gasteiger partial charge in [0, 0.05) is 0 Å². The van der Waals surface area contributed by atoms with E-state index in [1.807, 2.05) is 20.8 Å². The van der Waals surface area contributed by atoms with E-state index in [4.69, 9.17) is 0 Å². The molecule has 0 aliphatic carbocycles. The van der Waals surface area contributed by atoms with Crippen LogP contribution in [0.4, 0.5) is 0 Å². The van der Waals surface area contributed by atoms with Crippen molar-refractivity contribution in [3.8, 4) is 0 Å². The maximum absolute atomic E-state index is 11.0. The number of ether oxygens (including phenoxy) is 1. The number of methoxy groups -OCH3 is 1. The van der Waals surface area contributed by atoms with E-state index < -0.39 is 12.0 Å². The molecule has 3 heteroatoms. The maximum atomic E-state index is 11.0. The molecule has 72 valence electrons. The molecule has 0 aromatic heterocycles. The van der Waals surface area contributed by atoms with E-state index in [-0.39, 0.29) is 11.4 Å². The van der Waals surface area contributed by atoms with Gasteiger partial charge in [0.15, 0.2) is 0 Å². The lowest BCUT2D eigenvalue weighted by molar-refractivity contribution is -0.151. The number of hydrogen-bond acceptors (Lipinski definition) is 3. The summed E-state index contributed by atoms with van der Waals surface area (Å²) in [5.74, 6) is -0.826. The van der Waals surface area contributed by atoms with Crippen LogP contribution in [0.3, 0.4) is 0 Å². The van der Waals surface area contributed by atoms with Gasteiger partial charge in [-0.1, -0.05) is 20.8 Å².